The highest BCUT2D eigenvalue weighted by Gasteiger charge is 2.06. The predicted octanol–water partition coefficient (Wildman–Crippen LogP) is 0.670. The van der Waals surface area contributed by atoms with Crippen LogP contribution >= 0.6 is 0 Å². The zero-order valence-corrected chi connectivity index (χ0v) is 11.7. The van der Waals surface area contributed by atoms with Crippen molar-refractivity contribution in [3.8, 4) is 0 Å². The van der Waals surface area contributed by atoms with Crippen molar-refractivity contribution in [2.24, 2.45) is 9.98 Å². The normalized spacial score (nSPS) is 17.2. The smallest absolute Gasteiger partial charge is 0.191 e. The summed E-state index contributed by atoms with van der Waals surface area (Å²) in [6.45, 7) is 4.56. The molecule has 0 amide bonds. The van der Waals surface area contributed by atoms with E-state index in [0.29, 0.717) is 0 Å². The van der Waals surface area contributed by atoms with Crippen molar-refractivity contribution in [1.82, 2.24) is 16.0 Å². The molecule has 0 bridgehead atoms. The fraction of sp³-hybridized carbons (Fsp3) is 0.467. The molecule has 0 atom stereocenters. The van der Waals surface area contributed by atoms with E-state index < -0.39 is 0 Å². The molecule has 1 aromatic carbocycles. The number of nitrogens with one attached hydrogen (secondary N) is 3. The largest absolute Gasteiger partial charge is 0.372 e. The van der Waals surface area contributed by atoms with E-state index >= 15 is 0 Å². The molecule has 0 fully saturated rings. The number of aliphatic imine (C=N–C) groups is 2. The van der Waals surface area contributed by atoms with Crippen LogP contribution < -0.4 is 16.0 Å². The maximum Gasteiger partial charge on any atom is 0.191 e. The fourth-order valence-corrected chi connectivity index (χ4v) is 2.40. The minimum atomic E-state index is 0.820. The van der Waals surface area contributed by atoms with Gasteiger partial charge in [-0.05, 0) is 17.5 Å². The summed E-state index contributed by atoms with van der Waals surface area (Å²) in [6.07, 6.45) is 2.06. The molecule has 0 aliphatic carbocycles. The van der Waals surface area contributed by atoms with E-state index in [-0.39, 0.29) is 0 Å². The van der Waals surface area contributed by atoms with Crippen LogP contribution in [0.2, 0.25) is 0 Å². The van der Waals surface area contributed by atoms with E-state index in [1.54, 1.807) is 0 Å². The van der Waals surface area contributed by atoms with Crippen LogP contribution in [0.25, 0.3) is 0 Å². The maximum absolute atomic E-state index is 4.42. The number of guanidine groups is 1. The standard InChI is InChI=1S/C15H21N5/c1-3-13(11-20-15-18-9-10-19-15)4-2-12(1)5-6-14-16-7-8-17-14/h1-4H,5-11H2,(H,16,17)(H2,18,19,20). The first-order chi connectivity index (χ1) is 9.90. The van der Waals surface area contributed by atoms with E-state index in [4.69, 9.17) is 0 Å². The number of hydrogen-bond acceptors (Lipinski definition) is 5. The first-order valence-electron chi connectivity index (χ1n) is 7.27. The molecule has 5 heteroatoms. The van der Waals surface area contributed by atoms with Gasteiger partial charge in [0.05, 0.1) is 18.9 Å². The van der Waals surface area contributed by atoms with Crippen LogP contribution in [0.5, 0.6) is 0 Å². The molecule has 0 radical (unpaired) electrons. The highest BCUT2D eigenvalue weighted by Crippen LogP contribution is 2.08. The summed E-state index contributed by atoms with van der Waals surface area (Å²) in [6, 6.07) is 8.77. The summed E-state index contributed by atoms with van der Waals surface area (Å²) in [4.78, 5) is 8.73. The minimum absolute atomic E-state index is 0.820. The monoisotopic (exact) mass is 271 g/mol. The van der Waals surface area contributed by atoms with Crippen molar-refractivity contribution in [3.63, 3.8) is 0 Å². The Morgan fingerprint density at radius 2 is 1.65 bits per heavy atom. The molecule has 3 rings (SSSR count). The van der Waals surface area contributed by atoms with Crippen molar-refractivity contribution in [3.05, 3.63) is 35.4 Å². The van der Waals surface area contributed by atoms with Crippen molar-refractivity contribution >= 4 is 11.8 Å². The Kier molecular flexibility index (Phi) is 4.16. The quantitative estimate of drug-likeness (QED) is 0.737. The van der Waals surface area contributed by atoms with Gasteiger partial charge < -0.3 is 16.0 Å². The molecule has 1 aromatic rings. The van der Waals surface area contributed by atoms with Crippen LogP contribution in [0.1, 0.15) is 17.5 Å². The van der Waals surface area contributed by atoms with Gasteiger partial charge in [0.2, 0.25) is 0 Å². The second-order valence-electron chi connectivity index (χ2n) is 5.08. The number of amidine groups is 1. The summed E-state index contributed by atoms with van der Waals surface area (Å²) in [5, 5.41) is 9.82. The first kappa shape index (κ1) is 13.0. The van der Waals surface area contributed by atoms with Gasteiger partial charge in [-0.3, -0.25) is 9.98 Å². The number of hydrogen-bond donors (Lipinski definition) is 3. The lowest BCUT2D eigenvalue weighted by Crippen LogP contribution is -2.33. The zero-order chi connectivity index (χ0) is 13.6. The van der Waals surface area contributed by atoms with Crippen LogP contribution in [0.4, 0.5) is 0 Å². The Morgan fingerprint density at radius 3 is 2.35 bits per heavy atom. The second kappa shape index (κ2) is 6.41. The van der Waals surface area contributed by atoms with Gasteiger partial charge >= 0.3 is 0 Å². The zero-order valence-electron chi connectivity index (χ0n) is 11.7. The van der Waals surface area contributed by atoms with Gasteiger partial charge in [0, 0.05) is 26.1 Å². The summed E-state index contributed by atoms with van der Waals surface area (Å²) in [5.41, 5.74) is 2.64. The lowest BCUT2D eigenvalue weighted by atomic mass is 10.1. The molecule has 0 unspecified atom stereocenters. The van der Waals surface area contributed by atoms with Crippen molar-refractivity contribution < 1.29 is 0 Å². The van der Waals surface area contributed by atoms with Gasteiger partial charge in [0.15, 0.2) is 5.96 Å². The van der Waals surface area contributed by atoms with E-state index in [1.807, 2.05) is 0 Å². The molecule has 5 nitrogen and oxygen atoms in total. The molecule has 0 aromatic heterocycles. The van der Waals surface area contributed by atoms with Gasteiger partial charge in [-0.2, -0.15) is 0 Å². The molecule has 0 saturated heterocycles. The second-order valence-corrected chi connectivity index (χ2v) is 5.08. The van der Waals surface area contributed by atoms with Crippen molar-refractivity contribution in [1.29, 1.82) is 0 Å². The number of aryl methyl sites for hydroxylation is 1. The van der Waals surface area contributed by atoms with Crippen LogP contribution in [0, 0.1) is 0 Å². The predicted molar refractivity (Wildman–Crippen MR) is 82.2 cm³/mol. The molecule has 106 valence electrons. The lowest BCUT2D eigenvalue weighted by Gasteiger charge is -2.08. The van der Waals surface area contributed by atoms with Crippen LogP contribution in [-0.2, 0) is 13.0 Å². The summed E-state index contributed by atoms with van der Waals surface area (Å²) in [7, 11) is 0. The first-order valence-corrected chi connectivity index (χ1v) is 7.27. The van der Waals surface area contributed by atoms with Crippen molar-refractivity contribution in [2.75, 3.05) is 26.2 Å². The van der Waals surface area contributed by atoms with Gasteiger partial charge in [-0.25, -0.2) is 0 Å². The fourth-order valence-electron chi connectivity index (χ4n) is 2.40. The third-order valence-corrected chi connectivity index (χ3v) is 3.55. The molecular weight excluding hydrogens is 250 g/mol. The molecule has 2 heterocycles. The number of rotatable bonds is 5. The molecule has 0 spiro atoms. The average molecular weight is 271 g/mol. The topological polar surface area (TPSA) is 60.8 Å². The van der Waals surface area contributed by atoms with E-state index in [2.05, 4.69) is 50.2 Å². The summed E-state index contributed by atoms with van der Waals surface area (Å²) in [5.74, 6) is 2.07. The van der Waals surface area contributed by atoms with Gasteiger partial charge in [-0.1, -0.05) is 24.3 Å². The number of nitrogens with zero attached hydrogens (tertiary/aromatic N) is 2. The summed E-state index contributed by atoms with van der Waals surface area (Å²) < 4.78 is 0. The van der Waals surface area contributed by atoms with Crippen LogP contribution in [-0.4, -0.2) is 38.0 Å². The number of benzene rings is 1. The molecule has 0 saturated carbocycles. The van der Waals surface area contributed by atoms with E-state index in [0.717, 1.165) is 57.4 Å². The molecular formula is C15H21N5. The highest BCUT2D eigenvalue weighted by molar-refractivity contribution is 5.83. The van der Waals surface area contributed by atoms with E-state index in [9.17, 15) is 0 Å². The molecule has 2 aliphatic rings. The highest BCUT2D eigenvalue weighted by atomic mass is 15.2. The van der Waals surface area contributed by atoms with Crippen LogP contribution in [0.15, 0.2) is 34.3 Å². The SMILES string of the molecule is c1cc(CNC2=NCCN2)ccc1CCC1=NCCN1. The Hall–Kier alpha value is -2.04. The molecule has 20 heavy (non-hydrogen) atoms. The Balaban J connectivity index is 1.46. The van der Waals surface area contributed by atoms with Crippen molar-refractivity contribution in [2.45, 2.75) is 19.4 Å². The van der Waals surface area contributed by atoms with E-state index in [1.165, 1.54) is 11.1 Å². The summed E-state index contributed by atoms with van der Waals surface area (Å²) >= 11 is 0. The third-order valence-electron chi connectivity index (χ3n) is 3.55. The Labute approximate surface area is 119 Å². The molecule has 3 N–H and O–H groups in total. The lowest BCUT2D eigenvalue weighted by molar-refractivity contribution is 0.865. The van der Waals surface area contributed by atoms with Gasteiger partial charge in [-0.15, -0.1) is 0 Å². The Morgan fingerprint density at radius 1 is 0.900 bits per heavy atom. The van der Waals surface area contributed by atoms with Gasteiger partial charge in [0.25, 0.3) is 0 Å². The third kappa shape index (κ3) is 3.50. The molecule has 2 aliphatic heterocycles. The average Bonchev–Trinajstić information content (AvgIpc) is 3.17. The maximum atomic E-state index is 4.42. The minimum Gasteiger partial charge on any atom is -0.372 e. The van der Waals surface area contributed by atoms with Crippen LogP contribution in [0.3, 0.4) is 0 Å². The Bertz CT molecular complexity index is 457. The van der Waals surface area contributed by atoms with Gasteiger partial charge in [0.1, 0.15) is 0 Å².